The number of nitrogens with zero attached hydrogens (tertiary/aromatic N) is 1. The van der Waals surface area contributed by atoms with Gasteiger partial charge in [0.1, 0.15) is 0 Å². The van der Waals surface area contributed by atoms with E-state index in [4.69, 9.17) is 17.0 Å². The van der Waals surface area contributed by atoms with E-state index in [0.717, 1.165) is 22.4 Å². The molecule has 0 atom stereocenters. The molecule has 0 aliphatic carbocycles. The molecule has 2 aromatic carbocycles. The zero-order chi connectivity index (χ0) is 19.7. The van der Waals surface area contributed by atoms with Crippen molar-refractivity contribution in [2.75, 3.05) is 11.5 Å². The Morgan fingerprint density at radius 1 is 1.26 bits per heavy atom. The van der Waals surface area contributed by atoms with Gasteiger partial charge in [-0.25, -0.2) is 0 Å². The quantitative estimate of drug-likeness (QED) is 0.473. The summed E-state index contributed by atoms with van der Waals surface area (Å²) >= 11 is 10.1. The molecule has 27 heavy (non-hydrogen) atoms. The van der Waals surface area contributed by atoms with Crippen molar-refractivity contribution in [1.82, 2.24) is 0 Å². The van der Waals surface area contributed by atoms with Crippen LogP contribution in [0.4, 0.5) is 5.69 Å². The molecule has 1 aliphatic rings. The molecule has 3 rings (SSSR count). The van der Waals surface area contributed by atoms with Gasteiger partial charge in [0, 0.05) is 4.47 Å². The smallest absolute Gasteiger partial charge is 0.270 e. The molecule has 1 N–H and O–H groups in total. The van der Waals surface area contributed by atoms with E-state index < -0.39 is 0 Å². The van der Waals surface area contributed by atoms with Crippen LogP contribution in [0.3, 0.4) is 0 Å². The molecule has 1 fully saturated rings. The number of thiocarbonyl (C=S) groups is 1. The van der Waals surface area contributed by atoms with E-state index in [9.17, 15) is 9.90 Å². The molecule has 0 saturated carbocycles. The molecule has 1 amide bonds. The van der Waals surface area contributed by atoms with Gasteiger partial charge in [0.25, 0.3) is 5.91 Å². The second-order valence-corrected chi connectivity index (χ2v) is 8.59. The lowest BCUT2D eigenvalue weighted by Gasteiger charge is -2.16. The maximum absolute atomic E-state index is 13.0. The van der Waals surface area contributed by atoms with Crippen LogP contribution in [0.25, 0.3) is 6.08 Å². The largest absolute Gasteiger partial charge is 0.504 e. The highest BCUT2D eigenvalue weighted by Crippen LogP contribution is 2.39. The second-order valence-electron chi connectivity index (χ2n) is 6.06. The minimum atomic E-state index is -0.161. The lowest BCUT2D eigenvalue weighted by Crippen LogP contribution is -2.27. The summed E-state index contributed by atoms with van der Waals surface area (Å²) in [7, 11) is 0. The minimum Gasteiger partial charge on any atom is -0.504 e. The van der Waals surface area contributed by atoms with Gasteiger partial charge in [0.2, 0.25) is 0 Å². The van der Waals surface area contributed by atoms with Gasteiger partial charge in [-0.3, -0.25) is 9.69 Å². The fourth-order valence-electron chi connectivity index (χ4n) is 2.64. The van der Waals surface area contributed by atoms with E-state index >= 15 is 0 Å². The lowest BCUT2D eigenvalue weighted by atomic mass is 10.1. The first-order valence-corrected chi connectivity index (χ1v) is 10.3. The van der Waals surface area contributed by atoms with Crippen LogP contribution in [0.1, 0.15) is 23.6 Å². The fraction of sp³-hybridized carbons (Fsp3) is 0.200. The number of phenolic OH excluding ortho intramolecular Hbond substituents is 1. The van der Waals surface area contributed by atoms with Crippen molar-refractivity contribution >= 4 is 61.9 Å². The van der Waals surface area contributed by atoms with Gasteiger partial charge in [0.15, 0.2) is 15.8 Å². The van der Waals surface area contributed by atoms with Crippen LogP contribution in [0.2, 0.25) is 0 Å². The fourth-order valence-corrected chi connectivity index (χ4v) is 4.37. The summed E-state index contributed by atoms with van der Waals surface area (Å²) in [5, 5.41) is 9.96. The average molecular weight is 464 g/mol. The van der Waals surface area contributed by atoms with Crippen molar-refractivity contribution in [3.05, 3.63) is 56.4 Å². The number of thioether (sulfide) groups is 1. The van der Waals surface area contributed by atoms with Crippen LogP contribution in [0, 0.1) is 13.8 Å². The molecule has 140 valence electrons. The number of carbonyl (C=O) groups excluding carboxylic acids is 1. The predicted octanol–water partition coefficient (Wildman–Crippen LogP) is 5.58. The SMILES string of the molecule is CCOc1cc(C=C2SC(=S)N(c3ccc(C)c(C)c3)C2=O)c(Br)cc1O. The van der Waals surface area contributed by atoms with Crippen LogP contribution in [0.5, 0.6) is 11.5 Å². The third kappa shape index (κ3) is 4.05. The zero-order valence-corrected chi connectivity index (χ0v) is 18.3. The number of hydrogen-bond acceptors (Lipinski definition) is 5. The summed E-state index contributed by atoms with van der Waals surface area (Å²) in [6, 6.07) is 9.11. The Kier molecular flexibility index (Phi) is 5.93. The van der Waals surface area contributed by atoms with E-state index in [1.165, 1.54) is 11.8 Å². The molecule has 1 heterocycles. The van der Waals surface area contributed by atoms with E-state index in [1.807, 2.05) is 39.0 Å². The number of amides is 1. The van der Waals surface area contributed by atoms with Crippen LogP contribution >= 0.6 is 39.9 Å². The predicted molar refractivity (Wildman–Crippen MR) is 119 cm³/mol. The normalized spacial score (nSPS) is 15.7. The standard InChI is InChI=1S/C20H18BrNO3S2/c1-4-25-17-8-13(15(21)10-16(17)23)9-18-19(24)22(20(26)27-18)14-6-5-11(2)12(3)7-14/h5-10,23H,4H2,1-3H3. The molecule has 2 aromatic rings. The first-order chi connectivity index (χ1) is 12.8. The average Bonchev–Trinajstić information content (AvgIpc) is 2.88. The Hall–Kier alpha value is -1.83. The van der Waals surface area contributed by atoms with Gasteiger partial charge in [-0.2, -0.15) is 0 Å². The molecule has 0 aromatic heterocycles. The van der Waals surface area contributed by atoms with Gasteiger partial charge in [-0.15, -0.1) is 0 Å². The first-order valence-electron chi connectivity index (χ1n) is 8.32. The third-order valence-corrected chi connectivity index (χ3v) is 6.20. The van der Waals surface area contributed by atoms with E-state index in [0.29, 0.717) is 26.1 Å². The number of anilines is 1. The maximum Gasteiger partial charge on any atom is 0.270 e. The first kappa shape index (κ1) is 19.9. The summed E-state index contributed by atoms with van der Waals surface area (Å²) < 4.78 is 6.59. The van der Waals surface area contributed by atoms with E-state index in [2.05, 4.69) is 15.9 Å². The molecule has 1 aliphatic heterocycles. The van der Waals surface area contributed by atoms with Crippen molar-refractivity contribution in [2.24, 2.45) is 0 Å². The highest BCUT2D eigenvalue weighted by Gasteiger charge is 2.33. The molecular formula is C20H18BrNO3S2. The number of ether oxygens (including phenoxy) is 1. The second kappa shape index (κ2) is 8.04. The summed E-state index contributed by atoms with van der Waals surface area (Å²) in [5.74, 6) is 0.256. The third-order valence-electron chi connectivity index (χ3n) is 4.21. The van der Waals surface area contributed by atoms with Gasteiger partial charge in [-0.1, -0.05) is 46.0 Å². The minimum absolute atomic E-state index is 0.0450. The van der Waals surface area contributed by atoms with Crippen LogP contribution < -0.4 is 9.64 Å². The number of benzene rings is 2. The van der Waals surface area contributed by atoms with Gasteiger partial charge in [-0.05, 0) is 67.8 Å². The molecule has 0 spiro atoms. The number of phenols is 1. The highest BCUT2D eigenvalue weighted by atomic mass is 79.9. The van der Waals surface area contributed by atoms with Crippen molar-refractivity contribution in [2.45, 2.75) is 20.8 Å². The molecule has 0 unspecified atom stereocenters. The molecule has 0 radical (unpaired) electrons. The number of hydrogen-bond donors (Lipinski definition) is 1. The Bertz CT molecular complexity index is 972. The summed E-state index contributed by atoms with van der Waals surface area (Å²) in [6.07, 6.45) is 1.76. The van der Waals surface area contributed by atoms with Crippen molar-refractivity contribution < 1.29 is 14.6 Å². The van der Waals surface area contributed by atoms with Crippen LogP contribution in [0.15, 0.2) is 39.7 Å². The summed E-state index contributed by atoms with van der Waals surface area (Å²) in [5.41, 5.74) is 3.77. The number of aromatic hydroxyl groups is 1. The molecule has 1 saturated heterocycles. The van der Waals surface area contributed by atoms with Crippen molar-refractivity contribution in [3.63, 3.8) is 0 Å². The number of carbonyl (C=O) groups is 1. The van der Waals surface area contributed by atoms with Gasteiger partial charge in [0.05, 0.1) is 17.2 Å². The zero-order valence-electron chi connectivity index (χ0n) is 15.1. The number of halogens is 1. The molecule has 0 bridgehead atoms. The Labute approximate surface area is 176 Å². The van der Waals surface area contributed by atoms with Crippen molar-refractivity contribution in [3.8, 4) is 11.5 Å². The van der Waals surface area contributed by atoms with E-state index in [1.54, 1.807) is 23.1 Å². The monoisotopic (exact) mass is 463 g/mol. The topological polar surface area (TPSA) is 49.8 Å². The van der Waals surface area contributed by atoms with Crippen LogP contribution in [-0.4, -0.2) is 21.9 Å². The summed E-state index contributed by atoms with van der Waals surface area (Å²) in [4.78, 5) is 15.0. The van der Waals surface area contributed by atoms with Gasteiger partial charge >= 0.3 is 0 Å². The molecule has 7 heteroatoms. The number of aryl methyl sites for hydroxylation is 2. The van der Waals surface area contributed by atoms with Gasteiger partial charge < -0.3 is 9.84 Å². The Balaban J connectivity index is 1.97. The highest BCUT2D eigenvalue weighted by molar-refractivity contribution is 9.10. The summed E-state index contributed by atoms with van der Waals surface area (Å²) in [6.45, 7) is 6.32. The molecule has 4 nitrogen and oxygen atoms in total. The maximum atomic E-state index is 13.0. The van der Waals surface area contributed by atoms with Crippen LogP contribution in [-0.2, 0) is 4.79 Å². The Morgan fingerprint density at radius 2 is 2.00 bits per heavy atom. The Morgan fingerprint density at radius 3 is 2.67 bits per heavy atom. The molecular weight excluding hydrogens is 446 g/mol. The van der Waals surface area contributed by atoms with E-state index in [-0.39, 0.29) is 11.7 Å². The lowest BCUT2D eigenvalue weighted by molar-refractivity contribution is -0.113. The number of rotatable bonds is 4. The van der Waals surface area contributed by atoms with Crippen molar-refractivity contribution in [1.29, 1.82) is 0 Å².